The van der Waals surface area contributed by atoms with Crippen LogP contribution in [0.3, 0.4) is 0 Å². The molecule has 0 aliphatic carbocycles. The van der Waals surface area contributed by atoms with E-state index in [1.165, 1.54) is 10.6 Å². The van der Waals surface area contributed by atoms with Gasteiger partial charge in [0, 0.05) is 17.0 Å². The summed E-state index contributed by atoms with van der Waals surface area (Å²) in [6.07, 6.45) is 0. The summed E-state index contributed by atoms with van der Waals surface area (Å²) in [5.74, 6) is 0.436. The SMILES string of the molecule is CCn1c(Cl)nc2c(-c3nc(C(C)C)c(C)s3)cccc21. The topological polar surface area (TPSA) is 30.7 Å². The van der Waals surface area contributed by atoms with Crippen molar-refractivity contribution in [2.24, 2.45) is 0 Å². The molecule has 0 radical (unpaired) electrons. The molecular weight excluding hydrogens is 302 g/mol. The van der Waals surface area contributed by atoms with Crippen LogP contribution >= 0.6 is 22.9 Å². The van der Waals surface area contributed by atoms with Crippen LogP contribution < -0.4 is 0 Å². The van der Waals surface area contributed by atoms with E-state index in [9.17, 15) is 0 Å². The number of benzene rings is 1. The van der Waals surface area contributed by atoms with Crippen LogP contribution in [0.25, 0.3) is 21.6 Å². The number of para-hydroxylation sites is 1. The zero-order valence-electron chi connectivity index (χ0n) is 12.6. The lowest BCUT2D eigenvalue weighted by molar-refractivity contribution is 0.788. The van der Waals surface area contributed by atoms with Crippen molar-refractivity contribution >= 4 is 34.0 Å². The number of hydrogen-bond donors (Lipinski definition) is 0. The molecule has 2 heterocycles. The minimum absolute atomic E-state index is 0.436. The third-order valence-corrected chi connectivity index (χ3v) is 4.97. The van der Waals surface area contributed by atoms with Crippen molar-refractivity contribution < 1.29 is 0 Å². The average Bonchev–Trinajstić information content (AvgIpc) is 2.97. The maximum atomic E-state index is 6.25. The van der Waals surface area contributed by atoms with Crippen LogP contribution in [0.5, 0.6) is 0 Å². The number of halogens is 1. The molecule has 0 aliphatic heterocycles. The molecule has 3 aromatic rings. The summed E-state index contributed by atoms with van der Waals surface area (Å²) in [6, 6.07) is 6.19. The largest absolute Gasteiger partial charge is 0.315 e. The number of aromatic nitrogens is 3. The van der Waals surface area contributed by atoms with Gasteiger partial charge in [-0.05, 0) is 43.5 Å². The summed E-state index contributed by atoms with van der Waals surface area (Å²) < 4.78 is 2.02. The molecule has 21 heavy (non-hydrogen) atoms. The molecule has 0 spiro atoms. The Morgan fingerprint density at radius 3 is 2.67 bits per heavy atom. The average molecular weight is 320 g/mol. The second-order valence-corrected chi connectivity index (χ2v) is 6.95. The Labute approximate surface area is 133 Å². The van der Waals surface area contributed by atoms with Crippen molar-refractivity contribution in [3.63, 3.8) is 0 Å². The van der Waals surface area contributed by atoms with Crippen LogP contribution in [0.15, 0.2) is 18.2 Å². The summed E-state index contributed by atoms with van der Waals surface area (Å²) in [6.45, 7) is 9.37. The first kappa shape index (κ1) is 14.5. The monoisotopic (exact) mass is 319 g/mol. The fourth-order valence-electron chi connectivity index (χ4n) is 2.65. The van der Waals surface area contributed by atoms with Gasteiger partial charge in [-0.3, -0.25) is 0 Å². The molecule has 5 heteroatoms. The molecule has 0 fully saturated rings. The van der Waals surface area contributed by atoms with Crippen molar-refractivity contribution in [1.82, 2.24) is 14.5 Å². The zero-order chi connectivity index (χ0) is 15.1. The molecule has 0 saturated heterocycles. The number of thiazole rings is 1. The first-order chi connectivity index (χ1) is 10.0. The Kier molecular flexibility index (Phi) is 3.76. The van der Waals surface area contributed by atoms with Crippen molar-refractivity contribution in [2.45, 2.75) is 40.2 Å². The predicted molar refractivity (Wildman–Crippen MR) is 90.4 cm³/mol. The maximum absolute atomic E-state index is 6.25. The fraction of sp³-hybridized carbons (Fsp3) is 0.375. The first-order valence-electron chi connectivity index (χ1n) is 7.15. The summed E-state index contributed by atoms with van der Waals surface area (Å²) in [5.41, 5.74) is 4.25. The van der Waals surface area contributed by atoms with Gasteiger partial charge >= 0.3 is 0 Å². The second kappa shape index (κ2) is 5.43. The molecule has 1 aromatic carbocycles. The van der Waals surface area contributed by atoms with Gasteiger partial charge in [0.2, 0.25) is 5.28 Å². The standard InChI is InChI=1S/C16H18ClN3S/c1-5-20-12-8-6-7-11(14(12)19-16(20)17)15-18-13(9(2)3)10(4)21-15/h6-9H,5H2,1-4H3. The Morgan fingerprint density at radius 1 is 1.29 bits per heavy atom. The molecule has 110 valence electrons. The highest BCUT2D eigenvalue weighted by Gasteiger charge is 2.17. The molecule has 3 nitrogen and oxygen atoms in total. The van der Waals surface area contributed by atoms with Crippen molar-refractivity contribution in [3.8, 4) is 10.6 Å². The highest BCUT2D eigenvalue weighted by Crippen LogP contribution is 2.35. The molecule has 0 unspecified atom stereocenters. The molecule has 0 atom stereocenters. The Bertz CT molecular complexity index is 801. The zero-order valence-corrected chi connectivity index (χ0v) is 14.2. The van der Waals surface area contributed by atoms with E-state index >= 15 is 0 Å². The van der Waals surface area contributed by atoms with E-state index in [0.29, 0.717) is 11.2 Å². The summed E-state index contributed by atoms with van der Waals surface area (Å²) in [5, 5.41) is 1.57. The van der Waals surface area contributed by atoms with Gasteiger partial charge in [-0.25, -0.2) is 9.97 Å². The van der Waals surface area contributed by atoms with Crippen molar-refractivity contribution in [3.05, 3.63) is 34.1 Å². The van der Waals surface area contributed by atoms with Crippen LogP contribution in [0, 0.1) is 6.92 Å². The minimum atomic E-state index is 0.436. The van der Waals surface area contributed by atoms with Gasteiger partial charge in [0.25, 0.3) is 0 Å². The number of aryl methyl sites for hydroxylation is 2. The van der Waals surface area contributed by atoms with E-state index in [1.807, 2.05) is 10.6 Å². The van der Waals surface area contributed by atoms with Gasteiger partial charge in [-0.2, -0.15) is 0 Å². The molecule has 3 rings (SSSR count). The van der Waals surface area contributed by atoms with Gasteiger partial charge in [0.1, 0.15) is 10.5 Å². The lowest BCUT2D eigenvalue weighted by Crippen LogP contribution is -1.93. The van der Waals surface area contributed by atoms with Crippen LogP contribution in [0.1, 0.15) is 37.3 Å². The molecule has 0 bridgehead atoms. The summed E-state index contributed by atoms with van der Waals surface area (Å²) in [4.78, 5) is 10.6. The number of nitrogens with zero attached hydrogens (tertiary/aromatic N) is 3. The first-order valence-corrected chi connectivity index (χ1v) is 8.34. The highest BCUT2D eigenvalue weighted by molar-refractivity contribution is 7.15. The van der Waals surface area contributed by atoms with E-state index in [1.54, 1.807) is 11.3 Å². The molecule has 0 N–H and O–H groups in total. The van der Waals surface area contributed by atoms with E-state index in [0.717, 1.165) is 28.1 Å². The molecular formula is C16H18ClN3S. The number of rotatable bonds is 3. The number of hydrogen-bond acceptors (Lipinski definition) is 3. The Balaban J connectivity index is 2.23. The maximum Gasteiger partial charge on any atom is 0.203 e. The fourth-order valence-corrected chi connectivity index (χ4v) is 4.04. The van der Waals surface area contributed by atoms with Crippen LogP contribution in [0.4, 0.5) is 0 Å². The van der Waals surface area contributed by atoms with Gasteiger partial charge in [0.05, 0.1) is 11.2 Å². The van der Waals surface area contributed by atoms with Crippen molar-refractivity contribution in [1.29, 1.82) is 0 Å². The highest BCUT2D eigenvalue weighted by atomic mass is 35.5. The van der Waals surface area contributed by atoms with Gasteiger partial charge in [-0.1, -0.05) is 19.9 Å². The molecule has 0 amide bonds. The van der Waals surface area contributed by atoms with Crippen LogP contribution in [-0.2, 0) is 6.54 Å². The van der Waals surface area contributed by atoms with Gasteiger partial charge in [0.15, 0.2) is 0 Å². The van der Waals surface area contributed by atoms with Crippen LogP contribution in [-0.4, -0.2) is 14.5 Å². The Hall–Kier alpha value is -1.39. The van der Waals surface area contributed by atoms with E-state index in [-0.39, 0.29) is 0 Å². The molecule has 2 aromatic heterocycles. The summed E-state index contributed by atoms with van der Waals surface area (Å²) >= 11 is 7.98. The minimum Gasteiger partial charge on any atom is -0.315 e. The van der Waals surface area contributed by atoms with Crippen molar-refractivity contribution in [2.75, 3.05) is 0 Å². The lowest BCUT2D eigenvalue weighted by atomic mass is 10.1. The summed E-state index contributed by atoms with van der Waals surface area (Å²) in [7, 11) is 0. The quantitative estimate of drug-likeness (QED) is 0.658. The Morgan fingerprint density at radius 2 is 2.05 bits per heavy atom. The van der Waals surface area contributed by atoms with E-state index < -0.39 is 0 Å². The third-order valence-electron chi connectivity index (χ3n) is 3.66. The number of imidazole rings is 1. The van der Waals surface area contributed by atoms with Gasteiger partial charge < -0.3 is 4.57 Å². The van der Waals surface area contributed by atoms with Gasteiger partial charge in [-0.15, -0.1) is 11.3 Å². The normalized spacial score (nSPS) is 11.7. The third kappa shape index (κ3) is 2.36. The molecule has 0 saturated carbocycles. The van der Waals surface area contributed by atoms with E-state index in [4.69, 9.17) is 16.6 Å². The lowest BCUT2D eigenvalue weighted by Gasteiger charge is -2.02. The van der Waals surface area contributed by atoms with Crippen LogP contribution in [0.2, 0.25) is 5.28 Å². The number of fused-ring (bicyclic) bond motifs is 1. The van der Waals surface area contributed by atoms with E-state index in [2.05, 4.69) is 44.8 Å². The smallest absolute Gasteiger partial charge is 0.203 e. The predicted octanol–water partition coefficient (Wildman–Crippen LogP) is 5.26. The molecule has 0 aliphatic rings. The second-order valence-electron chi connectivity index (χ2n) is 5.41.